The molecule has 0 aliphatic carbocycles. The standard InChI is InChI=1S/C14H13ClFNO3S/c1-20-9-10-2-5-12(6-3-10)21(18,19)17-11-4-7-14(16)13(15)8-11/h2-8,17H,9H2,1H3. The number of benzene rings is 2. The number of nitrogens with one attached hydrogen (secondary N) is 1. The monoisotopic (exact) mass is 329 g/mol. The van der Waals surface area contributed by atoms with Gasteiger partial charge in [-0.3, -0.25) is 4.72 Å². The average molecular weight is 330 g/mol. The summed E-state index contributed by atoms with van der Waals surface area (Å²) in [5.74, 6) is -0.608. The van der Waals surface area contributed by atoms with Crippen molar-refractivity contribution in [1.29, 1.82) is 0 Å². The smallest absolute Gasteiger partial charge is 0.261 e. The maximum absolute atomic E-state index is 13.1. The van der Waals surface area contributed by atoms with Crippen LogP contribution in [0.3, 0.4) is 0 Å². The predicted octanol–water partition coefficient (Wildman–Crippen LogP) is 3.43. The fourth-order valence-corrected chi connectivity index (χ4v) is 2.94. The van der Waals surface area contributed by atoms with E-state index in [2.05, 4.69) is 4.72 Å². The lowest BCUT2D eigenvalue weighted by Gasteiger charge is -2.09. The summed E-state index contributed by atoms with van der Waals surface area (Å²) in [6, 6.07) is 9.89. The van der Waals surface area contributed by atoms with Crippen LogP contribution in [0.15, 0.2) is 47.4 Å². The van der Waals surface area contributed by atoms with Crippen LogP contribution in [0.1, 0.15) is 5.56 Å². The molecular weight excluding hydrogens is 317 g/mol. The molecule has 0 fully saturated rings. The molecule has 2 aromatic carbocycles. The first-order valence-corrected chi connectivity index (χ1v) is 7.84. The number of sulfonamides is 1. The van der Waals surface area contributed by atoms with Crippen molar-refractivity contribution in [1.82, 2.24) is 0 Å². The molecule has 0 amide bonds. The van der Waals surface area contributed by atoms with Gasteiger partial charge in [0.05, 0.1) is 22.2 Å². The van der Waals surface area contributed by atoms with Crippen molar-refractivity contribution in [3.05, 3.63) is 58.9 Å². The number of rotatable bonds is 5. The van der Waals surface area contributed by atoms with Gasteiger partial charge in [-0.1, -0.05) is 23.7 Å². The van der Waals surface area contributed by atoms with E-state index in [4.69, 9.17) is 16.3 Å². The van der Waals surface area contributed by atoms with Gasteiger partial charge in [0.2, 0.25) is 0 Å². The lowest BCUT2D eigenvalue weighted by molar-refractivity contribution is 0.185. The molecule has 0 saturated heterocycles. The van der Waals surface area contributed by atoms with Crippen molar-refractivity contribution >= 4 is 27.3 Å². The molecule has 0 radical (unpaired) electrons. The second kappa shape index (κ2) is 6.43. The van der Waals surface area contributed by atoms with Crippen LogP contribution in [0, 0.1) is 5.82 Å². The Labute approximate surface area is 127 Å². The largest absolute Gasteiger partial charge is 0.380 e. The molecule has 0 saturated carbocycles. The van der Waals surface area contributed by atoms with Crippen molar-refractivity contribution in [3.63, 3.8) is 0 Å². The van der Waals surface area contributed by atoms with Gasteiger partial charge < -0.3 is 4.74 Å². The Balaban J connectivity index is 2.23. The predicted molar refractivity (Wildman–Crippen MR) is 79.4 cm³/mol. The number of ether oxygens (including phenoxy) is 1. The van der Waals surface area contributed by atoms with E-state index in [1.165, 1.54) is 24.3 Å². The van der Waals surface area contributed by atoms with Crippen LogP contribution in [0.2, 0.25) is 5.02 Å². The van der Waals surface area contributed by atoms with Gasteiger partial charge >= 0.3 is 0 Å². The highest BCUT2D eigenvalue weighted by Gasteiger charge is 2.14. The topological polar surface area (TPSA) is 55.4 Å². The summed E-state index contributed by atoms with van der Waals surface area (Å²) in [5, 5.41) is -0.148. The summed E-state index contributed by atoms with van der Waals surface area (Å²) in [7, 11) is -2.19. The van der Waals surface area contributed by atoms with Gasteiger partial charge in [0.15, 0.2) is 0 Å². The Hall–Kier alpha value is -1.63. The number of hydrogen-bond donors (Lipinski definition) is 1. The summed E-state index contributed by atoms with van der Waals surface area (Å²) in [4.78, 5) is 0.0998. The summed E-state index contributed by atoms with van der Waals surface area (Å²) in [6.07, 6.45) is 0. The van der Waals surface area contributed by atoms with Gasteiger partial charge in [0, 0.05) is 7.11 Å². The molecule has 21 heavy (non-hydrogen) atoms. The second-order valence-electron chi connectivity index (χ2n) is 4.31. The van der Waals surface area contributed by atoms with Crippen LogP contribution in [0.5, 0.6) is 0 Å². The van der Waals surface area contributed by atoms with E-state index in [0.717, 1.165) is 11.6 Å². The number of hydrogen-bond acceptors (Lipinski definition) is 3. The Morgan fingerprint density at radius 2 is 1.86 bits per heavy atom. The molecular formula is C14H13ClFNO3S. The molecule has 7 heteroatoms. The number of halogens is 2. The first-order valence-electron chi connectivity index (χ1n) is 5.98. The van der Waals surface area contributed by atoms with Crippen molar-refractivity contribution in [3.8, 4) is 0 Å². The van der Waals surface area contributed by atoms with Crippen LogP contribution in [-0.4, -0.2) is 15.5 Å². The van der Waals surface area contributed by atoms with E-state index < -0.39 is 15.8 Å². The minimum Gasteiger partial charge on any atom is -0.380 e. The molecule has 0 unspecified atom stereocenters. The van der Waals surface area contributed by atoms with Gasteiger partial charge in [-0.15, -0.1) is 0 Å². The highest BCUT2D eigenvalue weighted by atomic mass is 35.5. The molecule has 0 heterocycles. The summed E-state index contributed by atoms with van der Waals surface area (Å²) in [6.45, 7) is 0.404. The van der Waals surface area contributed by atoms with Crippen LogP contribution in [0.25, 0.3) is 0 Å². The molecule has 0 atom stereocenters. The summed E-state index contributed by atoms with van der Waals surface area (Å²) >= 11 is 5.62. The Kier molecular flexibility index (Phi) is 4.82. The van der Waals surface area contributed by atoms with E-state index in [1.807, 2.05) is 0 Å². The zero-order chi connectivity index (χ0) is 15.5. The average Bonchev–Trinajstić information content (AvgIpc) is 2.44. The minimum absolute atomic E-state index is 0.0998. The van der Waals surface area contributed by atoms with Crippen molar-refractivity contribution in [2.45, 2.75) is 11.5 Å². The Bertz CT molecular complexity index is 732. The van der Waals surface area contributed by atoms with E-state index >= 15 is 0 Å². The van der Waals surface area contributed by atoms with E-state index in [1.54, 1.807) is 19.2 Å². The fraction of sp³-hybridized carbons (Fsp3) is 0.143. The van der Waals surface area contributed by atoms with Crippen molar-refractivity contribution in [2.75, 3.05) is 11.8 Å². The molecule has 4 nitrogen and oxygen atoms in total. The van der Waals surface area contributed by atoms with Gasteiger partial charge in [-0.05, 0) is 35.9 Å². The van der Waals surface area contributed by atoms with Gasteiger partial charge in [0.25, 0.3) is 10.0 Å². The first-order chi connectivity index (χ1) is 9.92. The highest BCUT2D eigenvalue weighted by molar-refractivity contribution is 7.92. The molecule has 112 valence electrons. The van der Waals surface area contributed by atoms with Gasteiger partial charge in [0.1, 0.15) is 5.82 Å². The van der Waals surface area contributed by atoms with E-state index in [-0.39, 0.29) is 15.6 Å². The van der Waals surface area contributed by atoms with Crippen molar-refractivity contribution < 1.29 is 17.5 Å². The zero-order valence-corrected chi connectivity index (χ0v) is 12.7. The van der Waals surface area contributed by atoms with E-state index in [0.29, 0.717) is 6.61 Å². The zero-order valence-electron chi connectivity index (χ0n) is 11.1. The molecule has 2 aromatic rings. The maximum Gasteiger partial charge on any atom is 0.261 e. The Morgan fingerprint density at radius 3 is 2.43 bits per heavy atom. The molecule has 2 rings (SSSR count). The SMILES string of the molecule is COCc1ccc(S(=O)(=O)Nc2ccc(F)c(Cl)c2)cc1. The van der Waals surface area contributed by atoms with Gasteiger partial charge in [-0.2, -0.15) is 0 Å². The first kappa shape index (κ1) is 15.8. The van der Waals surface area contributed by atoms with Gasteiger partial charge in [-0.25, -0.2) is 12.8 Å². The highest BCUT2D eigenvalue weighted by Crippen LogP contribution is 2.22. The van der Waals surface area contributed by atoms with Crippen LogP contribution in [-0.2, 0) is 21.4 Å². The molecule has 0 bridgehead atoms. The van der Waals surface area contributed by atoms with Crippen LogP contribution >= 0.6 is 11.6 Å². The molecule has 0 spiro atoms. The lowest BCUT2D eigenvalue weighted by Crippen LogP contribution is -2.13. The van der Waals surface area contributed by atoms with Crippen LogP contribution < -0.4 is 4.72 Å². The second-order valence-corrected chi connectivity index (χ2v) is 6.40. The normalized spacial score (nSPS) is 11.4. The molecule has 0 aromatic heterocycles. The third kappa shape index (κ3) is 3.93. The number of anilines is 1. The maximum atomic E-state index is 13.1. The third-order valence-corrected chi connectivity index (χ3v) is 4.40. The quantitative estimate of drug-likeness (QED) is 0.914. The lowest BCUT2D eigenvalue weighted by atomic mass is 10.2. The van der Waals surface area contributed by atoms with Crippen LogP contribution in [0.4, 0.5) is 10.1 Å². The summed E-state index contributed by atoms with van der Waals surface area (Å²) < 4.78 is 44.7. The fourth-order valence-electron chi connectivity index (χ4n) is 1.71. The molecule has 0 aliphatic heterocycles. The van der Waals surface area contributed by atoms with Crippen molar-refractivity contribution in [2.24, 2.45) is 0 Å². The number of methoxy groups -OCH3 is 1. The third-order valence-electron chi connectivity index (χ3n) is 2.72. The molecule has 1 N–H and O–H groups in total. The van der Waals surface area contributed by atoms with E-state index in [9.17, 15) is 12.8 Å². The minimum atomic E-state index is -3.75. The molecule has 0 aliphatic rings. The summed E-state index contributed by atoms with van der Waals surface area (Å²) in [5.41, 5.74) is 1.06. The Morgan fingerprint density at radius 1 is 1.19 bits per heavy atom.